The number of unbranched alkanes of at least 4 members (excludes halogenated alkanes) is 5. The first-order chi connectivity index (χ1) is 14.6. The van der Waals surface area contributed by atoms with Gasteiger partial charge in [0.05, 0.1) is 17.6 Å². The molecule has 0 amide bonds. The molecule has 0 unspecified atom stereocenters. The topological polar surface area (TPSA) is 65.7 Å². The summed E-state index contributed by atoms with van der Waals surface area (Å²) in [5.41, 5.74) is 2.23. The minimum Gasteiger partial charge on any atom is -0.463 e. The second kappa shape index (κ2) is 10.6. The second-order valence-electron chi connectivity index (χ2n) is 7.43. The second-order valence-corrected chi connectivity index (χ2v) is 7.43. The van der Waals surface area contributed by atoms with Crippen molar-refractivity contribution >= 4 is 17.1 Å². The van der Waals surface area contributed by atoms with Crippen molar-refractivity contribution < 1.29 is 18.7 Å². The Morgan fingerprint density at radius 1 is 1.00 bits per heavy atom. The van der Waals surface area contributed by atoms with Crippen LogP contribution in [0.4, 0.5) is 4.79 Å². The van der Waals surface area contributed by atoms with E-state index in [1.807, 2.05) is 30.3 Å². The van der Waals surface area contributed by atoms with Crippen LogP contribution in [-0.4, -0.2) is 12.8 Å². The lowest BCUT2D eigenvalue weighted by molar-refractivity contribution is 0.0973. The summed E-state index contributed by atoms with van der Waals surface area (Å²) in [4.78, 5) is 24.9. The van der Waals surface area contributed by atoms with Gasteiger partial charge < -0.3 is 13.9 Å². The van der Waals surface area contributed by atoms with Crippen molar-refractivity contribution in [1.82, 2.24) is 0 Å². The predicted octanol–water partition coefficient (Wildman–Crippen LogP) is 6.64. The Balaban J connectivity index is 1.65. The first-order valence-corrected chi connectivity index (χ1v) is 10.6. The summed E-state index contributed by atoms with van der Waals surface area (Å²) in [6.07, 6.45) is 7.39. The molecule has 0 aliphatic carbocycles. The molecule has 0 aliphatic heterocycles. The highest BCUT2D eigenvalue weighted by atomic mass is 16.7. The highest BCUT2D eigenvalue weighted by Gasteiger charge is 2.14. The number of carbonyl (C=O) groups excluding carboxylic acids is 1. The minimum absolute atomic E-state index is 0.114. The van der Waals surface area contributed by atoms with E-state index in [2.05, 4.69) is 6.92 Å². The molecule has 2 aromatic carbocycles. The fourth-order valence-corrected chi connectivity index (χ4v) is 3.46. The first-order valence-electron chi connectivity index (χ1n) is 10.6. The van der Waals surface area contributed by atoms with Gasteiger partial charge in [0.15, 0.2) is 0 Å². The molecule has 158 valence electrons. The van der Waals surface area contributed by atoms with Crippen molar-refractivity contribution in [2.75, 3.05) is 6.61 Å². The molecule has 0 aliphatic rings. The van der Waals surface area contributed by atoms with Gasteiger partial charge in [0, 0.05) is 6.07 Å². The third kappa shape index (κ3) is 5.50. The maximum atomic E-state index is 13.0. The fraction of sp³-hybridized carbons (Fsp3) is 0.360. The van der Waals surface area contributed by atoms with Crippen LogP contribution >= 0.6 is 0 Å². The van der Waals surface area contributed by atoms with Crippen molar-refractivity contribution in [3.8, 4) is 16.9 Å². The number of hydrogen-bond donors (Lipinski definition) is 0. The lowest BCUT2D eigenvalue weighted by atomic mass is 10.0. The molecule has 0 bridgehead atoms. The van der Waals surface area contributed by atoms with Crippen LogP contribution in [0.1, 0.15) is 51.0 Å². The molecule has 0 saturated heterocycles. The van der Waals surface area contributed by atoms with Crippen molar-refractivity contribution in [2.45, 2.75) is 52.4 Å². The van der Waals surface area contributed by atoms with Gasteiger partial charge in [0.1, 0.15) is 17.6 Å². The van der Waals surface area contributed by atoms with Crippen molar-refractivity contribution in [3.63, 3.8) is 0 Å². The monoisotopic (exact) mass is 408 g/mol. The predicted molar refractivity (Wildman–Crippen MR) is 118 cm³/mol. The number of rotatable bonds is 9. The molecule has 3 rings (SSSR count). The lowest BCUT2D eigenvalue weighted by Gasteiger charge is -2.09. The number of carbonyl (C=O) groups is 1. The molecule has 30 heavy (non-hydrogen) atoms. The van der Waals surface area contributed by atoms with E-state index < -0.39 is 6.16 Å². The van der Waals surface area contributed by atoms with E-state index in [9.17, 15) is 9.59 Å². The van der Waals surface area contributed by atoms with Crippen LogP contribution in [0, 0.1) is 6.92 Å². The van der Waals surface area contributed by atoms with Gasteiger partial charge in [-0.3, -0.25) is 4.79 Å². The highest BCUT2D eigenvalue weighted by Crippen LogP contribution is 2.26. The Labute approximate surface area is 176 Å². The van der Waals surface area contributed by atoms with Gasteiger partial charge in [-0.15, -0.1) is 0 Å². The van der Waals surface area contributed by atoms with Crippen LogP contribution in [0.25, 0.3) is 22.1 Å². The van der Waals surface area contributed by atoms with Crippen LogP contribution in [0.3, 0.4) is 0 Å². The van der Waals surface area contributed by atoms with E-state index >= 15 is 0 Å². The number of hydrogen-bond acceptors (Lipinski definition) is 5. The van der Waals surface area contributed by atoms with Gasteiger partial charge in [-0.2, -0.15) is 0 Å². The Hall–Kier alpha value is -3.08. The zero-order valence-electron chi connectivity index (χ0n) is 17.6. The largest absolute Gasteiger partial charge is 0.513 e. The van der Waals surface area contributed by atoms with Gasteiger partial charge in [-0.05, 0) is 30.5 Å². The third-order valence-electron chi connectivity index (χ3n) is 5.05. The summed E-state index contributed by atoms with van der Waals surface area (Å²) >= 11 is 0. The summed E-state index contributed by atoms with van der Waals surface area (Å²) in [6, 6.07) is 12.6. The summed E-state index contributed by atoms with van der Waals surface area (Å²) in [5, 5.41) is 0.476. The average molecular weight is 408 g/mol. The number of ether oxygens (including phenoxy) is 2. The fourth-order valence-electron chi connectivity index (χ4n) is 3.46. The van der Waals surface area contributed by atoms with Gasteiger partial charge in [-0.1, -0.05) is 69.4 Å². The molecular formula is C25H28O5. The standard InChI is InChI=1S/C25H28O5/c1-3-4-5-6-7-11-14-28-25(27)30-20-15-18(2)23-22(16-20)29-17-21(24(23)26)19-12-9-8-10-13-19/h8-10,12-13,15-17H,3-7,11,14H2,1-2H3. The molecule has 1 heterocycles. The Morgan fingerprint density at radius 2 is 1.73 bits per heavy atom. The van der Waals surface area contributed by atoms with E-state index in [1.54, 1.807) is 19.1 Å². The van der Waals surface area contributed by atoms with E-state index in [4.69, 9.17) is 13.9 Å². The summed E-state index contributed by atoms with van der Waals surface area (Å²) in [7, 11) is 0. The lowest BCUT2D eigenvalue weighted by Crippen LogP contribution is -2.12. The van der Waals surface area contributed by atoms with E-state index in [-0.39, 0.29) is 5.43 Å². The van der Waals surface area contributed by atoms with Gasteiger partial charge in [0.2, 0.25) is 5.43 Å². The molecule has 5 heteroatoms. The normalized spacial score (nSPS) is 10.9. The van der Waals surface area contributed by atoms with E-state index in [1.165, 1.54) is 25.5 Å². The van der Waals surface area contributed by atoms with Crippen molar-refractivity contribution in [1.29, 1.82) is 0 Å². The zero-order valence-corrected chi connectivity index (χ0v) is 17.6. The van der Waals surface area contributed by atoms with Crippen LogP contribution in [0.5, 0.6) is 5.75 Å². The summed E-state index contributed by atoms with van der Waals surface area (Å²) in [6.45, 7) is 4.32. The van der Waals surface area contributed by atoms with Crippen LogP contribution in [0.15, 0.2) is 57.9 Å². The number of aryl methyl sites for hydroxylation is 1. The number of fused-ring (bicyclic) bond motifs is 1. The molecule has 1 aromatic heterocycles. The van der Waals surface area contributed by atoms with Crippen molar-refractivity contribution in [2.24, 2.45) is 0 Å². The molecule has 0 radical (unpaired) electrons. The quantitative estimate of drug-likeness (QED) is 0.225. The minimum atomic E-state index is -0.745. The van der Waals surface area contributed by atoms with Gasteiger partial charge >= 0.3 is 6.16 Å². The molecule has 0 N–H and O–H groups in total. The van der Waals surface area contributed by atoms with Crippen LogP contribution in [-0.2, 0) is 4.74 Å². The molecule has 0 spiro atoms. The van der Waals surface area contributed by atoms with Gasteiger partial charge in [0.25, 0.3) is 0 Å². The number of benzene rings is 2. The SMILES string of the molecule is CCCCCCCCOC(=O)Oc1cc(C)c2c(=O)c(-c3ccccc3)coc2c1. The molecule has 0 saturated carbocycles. The maximum Gasteiger partial charge on any atom is 0.513 e. The molecule has 0 fully saturated rings. The van der Waals surface area contributed by atoms with Crippen molar-refractivity contribution in [3.05, 3.63) is 64.5 Å². The highest BCUT2D eigenvalue weighted by molar-refractivity contribution is 5.86. The molecule has 3 aromatic rings. The van der Waals surface area contributed by atoms with Crippen LogP contribution < -0.4 is 10.2 Å². The van der Waals surface area contributed by atoms with Crippen LogP contribution in [0.2, 0.25) is 0 Å². The third-order valence-corrected chi connectivity index (χ3v) is 5.05. The van der Waals surface area contributed by atoms with Gasteiger partial charge in [-0.25, -0.2) is 4.79 Å². The molecule has 5 nitrogen and oxygen atoms in total. The van der Waals surface area contributed by atoms with E-state index in [0.29, 0.717) is 34.5 Å². The smallest absolute Gasteiger partial charge is 0.463 e. The first kappa shape index (κ1) is 21.6. The average Bonchev–Trinajstić information content (AvgIpc) is 2.73. The zero-order chi connectivity index (χ0) is 21.3. The summed E-state index contributed by atoms with van der Waals surface area (Å²) < 4.78 is 16.1. The maximum absolute atomic E-state index is 13.0. The Kier molecular flexibility index (Phi) is 7.66. The Morgan fingerprint density at radius 3 is 2.50 bits per heavy atom. The summed E-state index contributed by atoms with van der Waals surface area (Å²) in [5.74, 6) is 0.295. The Bertz CT molecular complexity index is 1040. The molecular weight excluding hydrogens is 380 g/mol. The van der Waals surface area contributed by atoms with E-state index in [0.717, 1.165) is 24.8 Å². The molecule has 0 atom stereocenters.